The minimum absolute atomic E-state index is 0.0178. The molecule has 17 heteroatoms. The van der Waals surface area contributed by atoms with Gasteiger partial charge in [0.2, 0.25) is 6.79 Å². The molecule has 58 heavy (non-hydrogen) atoms. The van der Waals surface area contributed by atoms with E-state index in [0.717, 1.165) is 0 Å². The van der Waals surface area contributed by atoms with Crippen LogP contribution in [-0.2, 0) is 47.5 Å². The fourth-order valence-electron chi connectivity index (χ4n) is 8.80. The van der Waals surface area contributed by atoms with Crippen molar-refractivity contribution in [2.24, 2.45) is 28.8 Å². The zero-order valence-corrected chi connectivity index (χ0v) is 36.4. The lowest BCUT2D eigenvalue weighted by atomic mass is 9.73. The molecule has 0 aromatic carbocycles. The summed E-state index contributed by atoms with van der Waals surface area (Å²) < 4.78 is 100.0. The van der Waals surface area contributed by atoms with Crippen LogP contribution in [0.15, 0.2) is 5.16 Å². The summed E-state index contributed by atoms with van der Waals surface area (Å²) in [6, 6.07) is -0.418. The quantitative estimate of drug-likeness (QED) is 0.0778. The largest absolute Gasteiger partial charge is 0.459 e. The van der Waals surface area contributed by atoms with Crippen molar-refractivity contribution in [3.8, 4) is 0 Å². The number of rotatable bonds is 13. The van der Waals surface area contributed by atoms with Gasteiger partial charge in [-0.15, -0.1) is 0 Å². The third-order valence-corrected chi connectivity index (χ3v) is 12.3. The van der Waals surface area contributed by atoms with Gasteiger partial charge in [-0.05, 0) is 74.9 Å². The summed E-state index contributed by atoms with van der Waals surface area (Å²) in [5.41, 5.74) is -5.27. The van der Waals surface area contributed by atoms with E-state index in [0.29, 0.717) is 6.42 Å². The fourth-order valence-corrected chi connectivity index (χ4v) is 8.80. The molecule has 340 valence electrons. The zero-order valence-electron chi connectivity index (χ0n) is 43.4. The first-order valence-electron chi connectivity index (χ1n) is 23.6. The Bertz CT molecular complexity index is 1580. The van der Waals surface area contributed by atoms with Gasteiger partial charge in [-0.25, -0.2) is 0 Å². The van der Waals surface area contributed by atoms with E-state index in [1.165, 1.54) is 27.9 Å². The number of carbonyl (C=O) groups is 1. The lowest BCUT2D eigenvalue weighted by Gasteiger charge is -2.49. The van der Waals surface area contributed by atoms with Crippen molar-refractivity contribution in [3.05, 3.63) is 0 Å². The summed E-state index contributed by atoms with van der Waals surface area (Å²) >= 11 is 0. The number of likely N-dealkylation sites (N-methyl/N-ethyl adjacent to an activating group) is 1. The number of aliphatic hydroxyl groups is 5. The molecule has 3 aliphatic rings. The molecule has 3 saturated heterocycles. The normalized spacial score (nSPS) is 48.3. The van der Waals surface area contributed by atoms with Crippen LogP contribution in [0.2, 0.25) is 0 Å². The number of hydrogen-bond donors (Lipinski definition) is 5. The molecule has 3 heterocycles. The minimum atomic E-state index is -3.48. The Labute approximate surface area is 355 Å². The summed E-state index contributed by atoms with van der Waals surface area (Å²) in [6.45, 7) is 7.94. The number of nitrogens with zero attached hydrogens (tertiary/aromatic N) is 2. The lowest BCUT2D eigenvalue weighted by molar-refractivity contribution is -0.317. The number of hydrogen-bond acceptors (Lipinski definition) is 17. The molecule has 18 atom stereocenters. The third-order valence-electron chi connectivity index (χ3n) is 12.3. The number of cyclic esters (lactones) is 1. The van der Waals surface area contributed by atoms with Crippen LogP contribution in [0.1, 0.15) is 105 Å². The summed E-state index contributed by atoms with van der Waals surface area (Å²) in [5, 5.41) is 63.5. The molecule has 3 fully saturated rings. The second-order valence-electron chi connectivity index (χ2n) is 17.3. The average Bonchev–Trinajstić information content (AvgIpc) is 3.18. The van der Waals surface area contributed by atoms with E-state index in [-0.39, 0.29) is 25.0 Å². The molecular weight excluding hydrogens is 760 g/mol. The molecule has 0 saturated carbocycles. The highest BCUT2D eigenvalue weighted by Gasteiger charge is 2.53. The summed E-state index contributed by atoms with van der Waals surface area (Å²) in [7, 11) is 1.73. The van der Waals surface area contributed by atoms with E-state index in [1.807, 2.05) is 11.8 Å². The molecule has 0 aromatic rings. The summed E-state index contributed by atoms with van der Waals surface area (Å²) in [5.74, 6) is -5.04. The Morgan fingerprint density at radius 3 is 2.24 bits per heavy atom. The van der Waals surface area contributed by atoms with Crippen LogP contribution < -0.4 is 0 Å². The van der Waals surface area contributed by atoms with Gasteiger partial charge in [-0.2, -0.15) is 0 Å². The predicted molar refractivity (Wildman–Crippen MR) is 212 cm³/mol. The van der Waals surface area contributed by atoms with Crippen LogP contribution in [0.4, 0.5) is 0 Å². The van der Waals surface area contributed by atoms with Gasteiger partial charge in [-0.1, -0.05) is 32.9 Å². The fraction of sp³-hybridized carbons (Fsp3) is 0.951. The van der Waals surface area contributed by atoms with Gasteiger partial charge in [0.05, 0.1) is 76.1 Å². The van der Waals surface area contributed by atoms with Gasteiger partial charge in [0.1, 0.15) is 23.9 Å². The predicted octanol–water partition coefficient (Wildman–Crippen LogP) is 2.21. The molecule has 0 aromatic heterocycles. The van der Waals surface area contributed by atoms with Gasteiger partial charge >= 0.3 is 5.97 Å². The first-order chi connectivity index (χ1) is 29.6. The van der Waals surface area contributed by atoms with Crippen molar-refractivity contribution in [2.45, 2.75) is 179 Å². The number of ether oxygens (including phenoxy) is 8. The van der Waals surface area contributed by atoms with E-state index < -0.39 is 141 Å². The van der Waals surface area contributed by atoms with Crippen LogP contribution in [0, 0.1) is 23.7 Å². The second-order valence-corrected chi connectivity index (χ2v) is 17.3. The summed E-state index contributed by atoms with van der Waals surface area (Å²) in [6.07, 6.45) is -11.2. The monoisotopic (exact) mass is 844 g/mol. The van der Waals surface area contributed by atoms with E-state index in [9.17, 15) is 30.3 Å². The first-order valence-corrected chi connectivity index (χ1v) is 20.1. The number of esters is 1. The molecule has 0 bridgehead atoms. The van der Waals surface area contributed by atoms with Crippen molar-refractivity contribution >= 4 is 11.7 Å². The maximum Gasteiger partial charge on any atom is 0.311 e. The van der Waals surface area contributed by atoms with E-state index >= 15 is 0 Å². The van der Waals surface area contributed by atoms with Gasteiger partial charge in [0, 0.05) is 44.4 Å². The zero-order chi connectivity index (χ0) is 50.0. The van der Waals surface area contributed by atoms with Crippen LogP contribution in [0.3, 0.4) is 0 Å². The van der Waals surface area contributed by atoms with Crippen molar-refractivity contribution in [3.63, 3.8) is 0 Å². The molecule has 0 amide bonds. The van der Waals surface area contributed by atoms with Crippen LogP contribution in [0.5, 0.6) is 0 Å². The standard InChI is InChI=1S/C41H76N2O15/c1-15-29-41(10,49)34(45)24(4)31(42-53-21-52-17-16-50-13)22(2)19-39(8,48)36(58-38-32(44)28(43(11)12)18-23(3)54-38)25(5)33(26(6)37(47)56-29)57-30-20-40(9,51-14)35(46)27(7)55-30/h22-30,32-36,38,44-46,48-49H,15-21H2,1-14H3/b42-31-/t22-,23-,24+,25+,26-,27+,28+,29-,30+,32-,33+,34-,35+,36-,38+,39-,40-,41-/m1/s1/i13D3,16D2,17D2. The molecule has 17 nitrogen and oxygen atoms in total. The van der Waals surface area contributed by atoms with E-state index in [2.05, 4.69) is 9.89 Å². The minimum Gasteiger partial charge on any atom is -0.459 e. The molecule has 0 radical (unpaired) electrons. The SMILES string of the molecule is [2H]C([2H])([2H])OC([2H])([2H])C([2H])([2H])OCO/N=C1/[C@H](C)C[C@@](C)(O)[C@H](O[C@@H]2O[C@H](C)C[C@H](N(C)C)[C@H]2O)[C@@H](C)[C@H](O[C@H]2C[C@@](C)(OC)[C@@H](O)[C@H](C)O2)[C@@H](C)C(=O)O[C@H](CC)[C@@](C)(O)[C@H](O)[C@H]1C. The van der Waals surface area contributed by atoms with Crippen molar-refractivity contribution in [2.75, 3.05) is 48.2 Å². The number of aliphatic hydroxyl groups excluding tert-OH is 3. The molecule has 5 N–H and O–H groups in total. The maximum atomic E-state index is 14.4. The Balaban J connectivity index is 2.22. The Kier molecular flexibility index (Phi) is 15.0. The highest BCUT2D eigenvalue weighted by molar-refractivity contribution is 5.88. The summed E-state index contributed by atoms with van der Waals surface area (Å²) in [4.78, 5) is 21.6. The highest BCUT2D eigenvalue weighted by Crippen LogP contribution is 2.41. The smallest absolute Gasteiger partial charge is 0.311 e. The molecule has 0 aliphatic carbocycles. The molecular formula is C41H76N2O15. The van der Waals surface area contributed by atoms with Gasteiger partial charge in [0.15, 0.2) is 12.6 Å². The van der Waals surface area contributed by atoms with Gasteiger partial charge < -0.3 is 73.2 Å². The van der Waals surface area contributed by atoms with Crippen LogP contribution in [0.25, 0.3) is 0 Å². The van der Waals surface area contributed by atoms with E-state index in [1.54, 1.807) is 55.6 Å². The number of oxime groups is 1. The number of carbonyl (C=O) groups excluding carboxylic acids is 1. The lowest BCUT2D eigenvalue weighted by Crippen LogP contribution is -2.61. The third kappa shape index (κ3) is 12.1. The van der Waals surface area contributed by atoms with E-state index in [4.69, 9.17) is 47.6 Å². The Morgan fingerprint density at radius 2 is 1.64 bits per heavy atom. The topological polar surface area (TPSA) is 217 Å². The first kappa shape index (κ1) is 40.5. The Morgan fingerprint density at radius 1 is 0.966 bits per heavy atom. The van der Waals surface area contributed by atoms with Crippen molar-refractivity contribution in [1.29, 1.82) is 0 Å². The number of methoxy groups -OCH3 is 2. The molecule has 0 unspecified atom stereocenters. The van der Waals surface area contributed by atoms with Crippen LogP contribution >= 0.6 is 0 Å². The molecule has 0 spiro atoms. The molecule has 3 rings (SSSR count). The maximum absolute atomic E-state index is 14.4. The van der Waals surface area contributed by atoms with Gasteiger partial charge in [0.25, 0.3) is 0 Å². The Hall–Kier alpha value is -1.58. The van der Waals surface area contributed by atoms with Crippen molar-refractivity contribution in [1.82, 2.24) is 4.90 Å². The average molecular weight is 844 g/mol. The highest BCUT2D eigenvalue weighted by atomic mass is 16.7. The van der Waals surface area contributed by atoms with Crippen molar-refractivity contribution < 1.29 is 82.7 Å². The van der Waals surface area contributed by atoms with Crippen LogP contribution in [-0.4, -0.2) is 175 Å². The second kappa shape index (κ2) is 21.5. The molecule has 3 aliphatic heterocycles. The van der Waals surface area contributed by atoms with Gasteiger partial charge in [-0.3, -0.25) is 4.79 Å².